The molecule has 3 aliphatic rings. The first-order valence-electron chi connectivity index (χ1n) is 8.53. The van der Waals surface area contributed by atoms with Crippen LogP contribution < -0.4 is 0 Å². The lowest BCUT2D eigenvalue weighted by molar-refractivity contribution is -0.172. The second-order valence-electron chi connectivity index (χ2n) is 7.27. The highest BCUT2D eigenvalue weighted by molar-refractivity contribution is 5.87. The lowest BCUT2D eigenvalue weighted by Crippen LogP contribution is -2.60. The fourth-order valence-electron chi connectivity index (χ4n) is 5.49. The average molecular weight is 284 g/mol. The third-order valence-corrected chi connectivity index (χ3v) is 6.36. The van der Waals surface area contributed by atoms with Gasteiger partial charge in [-0.15, -0.1) is 0 Å². The SMILES string of the molecule is O=C1[C@@H]2CCC[C@@H]1[C@@]1(O)CCCC[C@@H]1[C@H]2c1ccccc1. The Balaban J connectivity index is 1.82. The molecule has 1 aromatic rings. The van der Waals surface area contributed by atoms with E-state index >= 15 is 0 Å². The van der Waals surface area contributed by atoms with E-state index in [0.717, 1.165) is 38.5 Å². The van der Waals surface area contributed by atoms with Crippen LogP contribution in [0.25, 0.3) is 0 Å². The second-order valence-corrected chi connectivity index (χ2v) is 7.27. The molecule has 2 nitrogen and oxygen atoms in total. The molecule has 2 bridgehead atoms. The van der Waals surface area contributed by atoms with E-state index in [9.17, 15) is 9.90 Å². The van der Waals surface area contributed by atoms with Crippen LogP contribution in [0.5, 0.6) is 0 Å². The van der Waals surface area contributed by atoms with Crippen molar-refractivity contribution in [3.05, 3.63) is 35.9 Å². The zero-order chi connectivity index (χ0) is 14.4. The molecule has 0 aromatic heterocycles. The third-order valence-electron chi connectivity index (χ3n) is 6.36. The van der Waals surface area contributed by atoms with Crippen LogP contribution in [-0.4, -0.2) is 16.5 Å². The lowest BCUT2D eigenvalue weighted by Gasteiger charge is -2.56. The Labute approximate surface area is 126 Å². The van der Waals surface area contributed by atoms with E-state index in [4.69, 9.17) is 0 Å². The fraction of sp³-hybridized carbons (Fsp3) is 0.632. The van der Waals surface area contributed by atoms with Crippen LogP contribution in [0.15, 0.2) is 30.3 Å². The van der Waals surface area contributed by atoms with E-state index in [2.05, 4.69) is 24.3 Å². The average Bonchev–Trinajstić information content (AvgIpc) is 2.50. The van der Waals surface area contributed by atoms with Crippen molar-refractivity contribution in [2.45, 2.75) is 56.5 Å². The molecule has 4 rings (SSSR count). The summed E-state index contributed by atoms with van der Waals surface area (Å²) in [6.07, 6.45) is 7.19. The second kappa shape index (κ2) is 4.95. The number of benzene rings is 1. The summed E-state index contributed by atoms with van der Waals surface area (Å²) in [6, 6.07) is 10.5. The summed E-state index contributed by atoms with van der Waals surface area (Å²) < 4.78 is 0. The monoisotopic (exact) mass is 284 g/mol. The molecule has 0 saturated heterocycles. The maximum Gasteiger partial charge on any atom is 0.142 e. The molecular formula is C19H24O2. The van der Waals surface area contributed by atoms with Gasteiger partial charge in [-0.2, -0.15) is 0 Å². The van der Waals surface area contributed by atoms with E-state index in [0.29, 0.717) is 5.78 Å². The first-order valence-corrected chi connectivity index (χ1v) is 8.53. The number of hydrogen-bond donors (Lipinski definition) is 1. The van der Waals surface area contributed by atoms with Crippen molar-refractivity contribution in [2.24, 2.45) is 17.8 Å². The summed E-state index contributed by atoms with van der Waals surface area (Å²) in [6.45, 7) is 0. The van der Waals surface area contributed by atoms with Crippen LogP contribution in [0.1, 0.15) is 56.4 Å². The molecule has 0 heterocycles. The summed E-state index contributed by atoms with van der Waals surface area (Å²) in [5.41, 5.74) is 0.536. The zero-order valence-electron chi connectivity index (χ0n) is 12.5. The molecule has 3 aliphatic carbocycles. The topological polar surface area (TPSA) is 37.3 Å². The van der Waals surface area contributed by atoms with E-state index in [-0.39, 0.29) is 23.7 Å². The minimum absolute atomic E-state index is 0.0819. The van der Waals surface area contributed by atoms with Crippen LogP contribution in [0.4, 0.5) is 0 Å². The number of carbonyl (C=O) groups excluding carboxylic acids is 1. The van der Waals surface area contributed by atoms with Crippen LogP contribution >= 0.6 is 0 Å². The number of carbonyl (C=O) groups is 1. The minimum atomic E-state index is -0.729. The molecule has 0 amide bonds. The normalized spacial score (nSPS) is 42.4. The van der Waals surface area contributed by atoms with Gasteiger partial charge in [0, 0.05) is 11.8 Å². The summed E-state index contributed by atoms with van der Waals surface area (Å²) >= 11 is 0. The molecule has 0 aliphatic heterocycles. The fourth-order valence-corrected chi connectivity index (χ4v) is 5.49. The number of rotatable bonds is 1. The first kappa shape index (κ1) is 13.5. The minimum Gasteiger partial charge on any atom is -0.389 e. The highest BCUT2D eigenvalue weighted by Crippen LogP contribution is 2.57. The van der Waals surface area contributed by atoms with Crippen LogP contribution in [0, 0.1) is 17.8 Å². The molecule has 1 aromatic carbocycles. The molecule has 112 valence electrons. The Morgan fingerprint density at radius 3 is 2.62 bits per heavy atom. The predicted octanol–water partition coefficient (Wildman–Crippen LogP) is 3.69. The van der Waals surface area contributed by atoms with E-state index in [1.807, 2.05) is 6.07 Å². The Hall–Kier alpha value is -1.15. The highest BCUT2D eigenvalue weighted by atomic mass is 16.3. The smallest absolute Gasteiger partial charge is 0.142 e. The van der Waals surface area contributed by atoms with Gasteiger partial charge in [-0.25, -0.2) is 0 Å². The third kappa shape index (κ3) is 1.92. The molecule has 5 atom stereocenters. The van der Waals surface area contributed by atoms with Crippen molar-refractivity contribution in [1.29, 1.82) is 0 Å². The van der Waals surface area contributed by atoms with Gasteiger partial charge in [-0.05, 0) is 43.1 Å². The summed E-state index contributed by atoms with van der Waals surface area (Å²) in [4.78, 5) is 12.9. The van der Waals surface area contributed by atoms with Crippen molar-refractivity contribution >= 4 is 5.78 Å². The van der Waals surface area contributed by atoms with Gasteiger partial charge in [-0.3, -0.25) is 4.79 Å². The van der Waals surface area contributed by atoms with Gasteiger partial charge in [0.05, 0.1) is 5.60 Å². The quantitative estimate of drug-likeness (QED) is 0.854. The molecule has 21 heavy (non-hydrogen) atoms. The molecule has 0 unspecified atom stereocenters. The number of fused-ring (bicyclic) bond motifs is 4. The number of Topliss-reactive ketones (excluding diaryl/α,β-unsaturated/α-hetero) is 1. The molecule has 2 heteroatoms. The van der Waals surface area contributed by atoms with Gasteiger partial charge < -0.3 is 5.11 Å². The van der Waals surface area contributed by atoms with Crippen molar-refractivity contribution < 1.29 is 9.90 Å². The Morgan fingerprint density at radius 2 is 1.81 bits per heavy atom. The van der Waals surface area contributed by atoms with Crippen LogP contribution in [-0.2, 0) is 4.79 Å². The molecule has 0 radical (unpaired) electrons. The Morgan fingerprint density at radius 1 is 1.00 bits per heavy atom. The predicted molar refractivity (Wildman–Crippen MR) is 81.9 cm³/mol. The maximum absolute atomic E-state index is 12.9. The Bertz CT molecular complexity index is 538. The molecule has 3 fully saturated rings. The van der Waals surface area contributed by atoms with Gasteiger partial charge in [0.15, 0.2) is 0 Å². The lowest BCUT2D eigenvalue weighted by atomic mass is 9.49. The van der Waals surface area contributed by atoms with Crippen LogP contribution in [0.3, 0.4) is 0 Å². The maximum atomic E-state index is 12.9. The number of ketones is 1. The largest absolute Gasteiger partial charge is 0.389 e. The van der Waals surface area contributed by atoms with E-state index < -0.39 is 5.60 Å². The van der Waals surface area contributed by atoms with Crippen LogP contribution in [0.2, 0.25) is 0 Å². The standard InChI is InChI=1S/C19H24O2/c20-18-14-9-6-11-16(18)19(21)12-5-4-10-15(19)17(14)13-7-2-1-3-8-13/h1-3,7-8,14-17,21H,4-6,9-12H2/t14-,15-,16+,17+,19-/m1/s1. The summed E-state index contributed by atoms with van der Waals surface area (Å²) in [7, 11) is 0. The number of aliphatic hydroxyl groups is 1. The van der Waals surface area contributed by atoms with Crippen molar-refractivity contribution in [1.82, 2.24) is 0 Å². The number of hydrogen-bond acceptors (Lipinski definition) is 2. The zero-order valence-corrected chi connectivity index (χ0v) is 12.5. The van der Waals surface area contributed by atoms with Crippen molar-refractivity contribution in [3.63, 3.8) is 0 Å². The Kier molecular flexibility index (Phi) is 3.18. The van der Waals surface area contributed by atoms with Gasteiger partial charge in [0.2, 0.25) is 0 Å². The molecule has 3 saturated carbocycles. The van der Waals surface area contributed by atoms with E-state index in [1.165, 1.54) is 12.0 Å². The van der Waals surface area contributed by atoms with Gasteiger partial charge in [0.1, 0.15) is 5.78 Å². The first-order chi connectivity index (χ1) is 10.2. The molecule has 0 spiro atoms. The van der Waals surface area contributed by atoms with Gasteiger partial charge in [-0.1, -0.05) is 49.6 Å². The van der Waals surface area contributed by atoms with Crippen molar-refractivity contribution in [2.75, 3.05) is 0 Å². The highest BCUT2D eigenvalue weighted by Gasteiger charge is 2.59. The molecule has 1 N–H and O–H groups in total. The van der Waals surface area contributed by atoms with Crippen molar-refractivity contribution in [3.8, 4) is 0 Å². The van der Waals surface area contributed by atoms with Gasteiger partial charge >= 0.3 is 0 Å². The van der Waals surface area contributed by atoms with Gasteiger partial charge in [0.25, 0.3) is 0 Å². The van der Waals surface area contributed by atoms with E-state index in [1.54, 1.807) is 0 Å². The molecular weight excluding hydrogens is 260 g/mol. The summed E-state index contributed by atoms with van der Waals surface area (Å²) in [5.74, 6) is 0.939. The summed E-state index contributed by atoms with van der Waals surface area (Å²) in [5, 5.41) is 11.4.